The molecule has 0 spiro atoms. The van der Waals surface area contributed by atoms with Crippen molar-refractivity contribution in [2.75, 3.05) is 13.2 Å². The molecule has 1 aliphatic rings. The first kappa shape index (κ1) is 61.2. The van der Waals surface area contributed by atoms with Crippen molar-refractivity contribution in [3.05, 3.63) is 48.6 Å². The fraction of sp³-hybridized carbons (Fsp3) is 0.839. The van der Waals surface area contributed by atoms with Crippen LogP contribution < -0.4 is 5.32 Å². The lowest BCUT2D eigenvalue weighted by atomic mass is 9.99. The second kappa shape index (κ2) is 45.9. The Hall–Kier alpha value is -1.85. The normalized spacial score (nSPS) is 20.3. The van der Waals surface area contributed by atoms with Crippen LogP contribution >= 0.6 is 0 Å². The SMILES string of the molecule is CCCCC/C=C/CC/C=C/CC/C=C/C(O)C(COC1OC(CO)C(O)C(O)C1O)NC(=O)CCCCCCCCCCCCCCC/C=C\CCCCCCCCCCCCCC. The number of aliphatic hydroxyl groups is 5. The fourth-order valence-corrected chi connectivity index (χ4v) is 8.48. The summed E-state index contributed by atoms with van der Waals surface area (Å²) in [6, 6.07) is -0.827. The first-order chi connectivity index (χ1) is 31.8. The van der Waals surface area contributed by atoms with Gasteiger partial charge in [-0.25, -0.2) is 0 Å². The van der Waals surface area contributed by atoms with Gasteiger partial charge in [0, 0.05) is 6.42 Å². The Morgan fingerprint density at radius 3 is 1.32 bits per heavy atom. The lowest BCUT2D eigenvalue weighted by Crippen LogP contribution is -2.60. The molecule has 0 aromatic rings. The molecule has 1 fully saturated rings. The largest absolute Gasteiger partial charge is 0.394 e. The number of ether oxygens (including phenoxy) is 2. The van der Waals surface area contributed by atoms with Gasteiger partial charge in [0.25, 0.3) is 0 Å². The van der Waals surface area contributed by atoms with Crippen LogP contribution in [0.3, 0.4) is 0 Å². The maximum atomic E-state index is 13.0. The Balaban J connectivity index is 2.18. The Bertz CT molecular complexity index is 1160. The number of hydrogen-bond acceptors (Lipinski definition) is 8. The highest BCUT2D eigenvalue weighted by Gasteiger charge is 2.44. The van der Waals surface area contributed by atoms with Crippen molar-refractivity contribution in [1.29, 1.82) is 0 Å². The van der Waals surface area contributed by atoms with Gasteiger partial charge in [-0.15, -0.1) is 0 Å². The molecule has 9 heteroatoms. The van der Waals surface area contributed by atoms with E-state index in [9.17, 15) is 30.3 Å². The zero-order valence-electron chi connectivity index (χ0n) is 42.0. The number of amides is 1. The zero-order chi connectivity index (χ0) is 47.3. The fourth-order valence-electron chi connectivity index (χ4n) is 8.48. The molecular formula is C56H103NO8. The van der Waals surface area contributed by atoms with Gasteiger partial charge in [-0.05, 0) is 70.6 Å². The van der Waals surface area contributed by atoms with Gasteiger partial charge in [-0.2, -0.15) is 0 Å². The van der Waals surface area contributed by atoms with Crippen molar-refractivity contribution < 1.29 is 39.8 Å². The van der Waals surface area contributed by atoms with Crippen LogP contribution in [-0.2, 0) is 14.3 Å². The number of allylic oxidation sites excluding steroid dienone is 7. The minimum absolute atomic E-state index is 0.191. The van der Waals surface area contributed by atoms with Crippen molar-refractivity contribution in [1.82, 2.24) is 5.32 Å². The monoisotopic (exact) mass is 918 g/mol. The smallest absolute Gasteiger partial charge is 0.220 e. The molecule has 1 rings (SSSR count). The van der Waals surface area contributed by atoms with Gasteiger partial charge in [0.2, 0.25) is 5.91 Å². The van der Waals surface area contributed by atoms with Gasteiger partial charge >= 0.3 is 0 Å². The molecule has 0 aliphatic carbocycles. The maximum Gasteiger partial charge on any atom is 0.220 e. The van der Waals surface area contributed by atoms with Crippen LogP contribution in [0.5, 0.6) is 0 Å². The van der Waals surface area contributed by atoms with E-state index in [-0.39, 0.29) is 12.5 Å². The summed E-state index contributed by atoms with van der Waals surface area (Å²) >= 11 is 0. The standard InChI is InChI=1S/C56H103NO8/c1-3-5-7-9-11-13-15-17-18-19-20-21-22-23-24-25-26-27-28-29-30-31-32-34-36-38-40-42-44-46-52(60)57-49(48-64-56-55(63)54(62)53(61)51(47-58)65-56)50(59)45-43-41-39-37-35-33-16-14-12-10-8-6-4-2/h12,14,23-24,35,37,43,45,49-51,53-56,58-59,61-63H,3-11,13,15-22,25-34,36,38-42,44,46-48H2,1-2H3,(H,57,60)/b14-12+,24-23-,37-35+,45-43+. The molecule has 6 N–H and O–H groups in total. The van der Waals surface area contributed by atoms with Crippen molar-refractivity contribution >= 4 is 5.91 Å². The summed E-state index contributed by atoms with van der Waals surface area (Å²) in [6.45, 7) is 3.73. The van der Waals surface area contributed by atoms with E-state index in [1.807, 2.05) is 6.08 Å². The summed E-state index contributed by atoms with van der Waals surface area (Å²) in [6.07, 6.45) is 53.3. The molecule has 65 heavy (non-hydrogen) atoms. The summed E-state index contributed by atoms with van der Waals surface area (Å²) in [5.74, 6) is -0.191. The number of hydrogen-bond donors (Lipinski definition) is 6. The number of nitrogens with one attached hydrogen (secondary N) is 1. The highest BCUT2D eigenvalue weighted by molar-refractivity contribution is 5.76. The van der Waals surface area contributed by atoms with Crippen LogP contribution in [0.25, 0.3) is 0 Å². The van der Waals surface area contributed by atoms with E-state index in [0.717, 1.165) is 51.4 Å². The topological polar surface area (TPSA) is 149 Å². The lowest BCUT2D eigenvalue weighted by Gasteiger charge is -2.40. The van der Waals surface area contributed by atoms with E-state index >= 15 is 0 Å². The molecule has 0 radical (unpaired) electrons. The highest BCUT2D eigenvalue weighted by Crippen LogP contribution is 2.23. The zero-order valence-corrected chi connectivity index (χ0v) is 42.0. The summed E-state index contributed by atoms with van der Waals surface area (Å²) in [4.78, 5) is 13.0. The van der Waals surface area contributed by atoms with Crippen molar-refractivity contribution in [3.8, 4) is 0 Å². The predicted molar refractivity (Wildman–Crippen MR) is 272 cm³/mol. The van der Waals surface area contributed by atoms with E-state index in [4.69, 9.17) is 9.47 Å². The molecule has 7 atom stereocenters. The first-order valence-electron chi connectivity index (χ1n) is 27.4. The number of rotatable bonds is 46. The van der Waals surface area contributed by atoms with Gasteiger partial charge < -0.3 is 40.3 Å². The molecule has 1 aliphatic heterocycles. The average Bonchev–Trinajstić information content (AvgIpc) is 3.31. The van der Waals surface area contributed by atoms with Crippen molar-refractivity contribution in [3.63, 3.8) is 0 Å². The van der Waals surface area contributed by atoms with Crippen molar-refractivity contribution in [2.45, 2.75) is 288 Å². The molecule has 0 aromatic carbocycles. The van der Waals surface area contributed by atoms with E-state index < -0.39 is 49.5 Å². The van der Waals surface area contributed by atoms with Crippen LogP contribution in [0, 0.1) is 0 Å². The Morgan fingerprint density at radius 2 is 0.877 bits per heavy atom. The quantitative estimate of drug-likeness (QED) is 0.0261. The molecule has 1 heterocycles. The molecule has 7 unspecified atom stereocenters. The van der Waals surface area contributed by atoms with Crippen LogP contribution in [0.4, 0.5) is 0 Å². The number of aliphatic hydroxyl groups excluding tert-OH is 5. The Kier molecular flexibility index (Phi) is 43.2. The Morgan fingerprint density at radius 1 is 0.508 bits per heavy atom. The second-order valence-corrected chi connectivity index (χ2v) is 19.0. The molecule has 380 valence electrons. The second-order valence-electron chi connectivity index (χ2n) is 19.0. The van der Waals surface area contributed by atoms with E-state index in [1.165, 1.54) is 173 Å². The third-order valence-corrected chi connectivity index (χ3v) is 12.9. The summed E-state index contributed by atoms with van der Waals surface area (Å²) in [5, 5.41) is 54.3. The third kappa shape index (κ3) is 35.9. The van der Waals surface area contributed by atoms with E-state index in [1.54, 1.807) is 6.08 Å². The van der Waals surface area contributed by atoms with Crippen LogP contribution in [0.2, 0.25) is 0 Å². The van der Waals surface area contributed by atoms with Crippen LogP contribution in [-0.4, -0.2) is 87.5 Å². The molecule has 9 nitrogen and oxygen atoms in total. The van der Waals surface area contributed by atoms with Crippen LogP contribution in [0.1, 0.15) is 245 Å². The Labute approximate surface area is 399 Å². The van der Waals surface area contributed by atoms with Gasteiger partial charge in [0.15, 0.2) is 6.29 Å². The molecule has 0 saturated carbocycles. The van der Waals surface area contributed by atoms with E-state index in [0.29, 0.717) is 6.42 Å². The van der Waals surface area contributed by atoms with Gasteiger partial charge in [0.1, 0.15) is 24.4 Å². The molecular weight excluding hydrogens is 815 g/mol. The molecule has 0 bridgehead atoms. The number of carbonyl (C=O) groups excluding carboxylic acids is 1. The molecule has 0 aromatic heterocycles. The summed E-state index contributed by atoms with van der Waals surface area (Å²) < 4.78 is 11.2. The summed E-state index contributed by atoms with van der Waals surface area (Å²) in [5.41, 5.74) is 0. The maximum absolute atomic E-state index is 13.0. The third-order valence-electron chi connectivity index (χ3n) is 12.9. The molecule has 1 saturated heterocycles. The predicted octanol–water partition coefficient (Wildman–Crippen LogP) is 13.0. The van der Waals surface area contributed by atoms with Crippen molar-refractivity contribution in [2.24, 2.45) is 0 Å². The van der Waals surface area contributed by atoms with E-state index in [2.05, 4.69) is 55.6 Å². The first-order valence-corrected chi connectivity index (χ1v) is 27.4. The van der Waals surface area contributed by atoms with Gasteiger partial charge in [-0.1, -0.05) is 217 Å². The van der Waals surface area contributed by atoms with Crippen LogP contribution in [0.15, 0.2) is 48.6 Å². The minimum Gasteiger partial charge on any atom is -0.394 e. The number of unbranched alkanes of at least 4 members (excludes halogenated alkanes) is 30. The minimum atomic E-state index is -1.57. The summed E-state index contributed by atoms with van der Waals surface area (Å²) in [7, 11) is 0. The highest BCUT2D eigenvalue weighted by atomic mass is 16.7. The van der Waals surface area contributed by atoms with Gasteiger partial charge in [0.05, 0.1) is 25.4 Å². The average molecular weight is 918 g/mol. The van der Waals surface area contributed by atoms with Gasteiger partial charge in [-0.3, -0.25) is 4.79 Å². The molecule has 1 amide bonds. The number of carbonyl (C=O) groups is 1. The lowest BCUT2D eigenvalue weighted by molar-refractivity contribution is -0.302.